The fourth-order valence-electron chi connectivity index (χ4n) is 1.17. The van der Waals surface area contributed by atoms with Gasteiger partial charge in [-0.25, -0.2) is 0 Å². The van der Waals surface area contributed by atoms with Crippen LogP contribution in [0.15, 0.2) is 11.8 Å². The number of hydroxylamine groups is 1. The first-order valence-electron chi connectivity index (χ1n) is 3.25. The van der Waals surface area contributed by atoms with Gasteiger partial charge in [-0.15, -0.1) is 0 Å². The first kappa shape index (κ1) is 5.73. The standard InChI is InChI=1S/C6H8N2O2/c9-6-3-4-5(10-8-6)1-2-7-4/h1,4,7H,2-3H2,(H,8,9). The molecule has 0 aromatic rings. The summed E-state index contributed by atoms with van der Waals surface area (Å²) in [5.74, 6) is 0.788. The van der Waals surface area contributed by atoms with Gasteiger partial charge < -0.3 is 10.2 Å². The molecule has 0 bridgehead atoms. The molecule has 54 valence electrons. The molecule has 4 heteroatoms. The van der Waals surface area contributed by atoms with Gasteiger partial charge in [-0.05, 0) is 6.08 Å². The summed E-state index contributed by atoms with van der Waals surface area (Å²) in [5.41, 5.74) is 2.31. The molecule has 0 spiro atoms. The second-order valence-electron chi connectivity index (χ2n) is 2.40. The largest absolute Gasteiger partial charge is 0.383 e. The fourth-order valence-corrected chi connectivity index (χ4v) is 1.17. The monoisotopic (exact) mass is 140 g/mol. The molecule has 0 saturated carbocycles. The van der Waals surface area contributed by atoms with Crippen molar-refractivity contribution in [3.63, 3.8) is 0 Å². The van der Waals surface area contributed by atoms with E-state index in [1.807, 2.05) is 6.08 Å². The number of hydrogen-bond donors (Lipinski definition) is 2. The molecule has 2 heterocycles. The third kappa shape index (κ3) is 0.769. The minimum Gasteiger partial charge on any atom is -0.383 e. The van der Waals surface area contributed by atoms with Crippen molar-refractivity contribution in [1.29, 1.82) is 0 Å². The Bertz CT molecular complexity index is 200. The predicted molar refractivity (Wildman–Crippen MR) is 33.7 cm³/mol. The normalized spacial score (nSPS) is 30.2. The van der Waals surface area contributed by atoms with Gasteiger partial charge in [0.2, 0.25) is 0 Å². The van der Waals surface area contributed by atoms with E-state index >= 15 is 0 Å². The Hall–Kier alpha value is -1.03. The van der Waals surface area contributed by atoms with E-state index in [9.17, 15) is 4.79 Å². The van der Waals surface area contributed by atoms with Crippen LogP contribution in [-0.2, 0) is 9.63 Å². The molecule has 0 aliphatic carbocycles. The number of rotatable bonds is 0. The summed E-state index contributed by atoms with van der Waals surface area (Å²) >= 11 is 0. The zero-order chi connectivity index (χ0) is 6.97. The van der Waals surface area contributed by atoms with Crippen molar-refractivity contribution in [1.82, 2.24) is 10.8 Å². The van der Waals surface area contributed by atoms with Gasteiger partial charge in [-0.2, -0.15) is 5.48 Å². The SMILES string of the molecule is O=C1CC2NCC=C2ON1. The van der Waals surface area contributed by atoms with Crippen molar-refractivity contribution >= 4 is 5.91 Å². The molecule has 0 radical (unpaired) electrons. The van der Waals surface area contributed by atoms with E-state index in [0.717, 1.165) is 12.3 Å². The van der Waals surface area contributed by atoms with Crippen molar-refractivity contribution < 1.29 is 9.63 Å². The first-order valence-corrected chi connectivity index (χ1v) is 3.25. The molecule has 2 aliphatic rings. The molecule has 1 saturated heterocycles. The Morgan fingerprint density at radius 3 is 3.50 bits per heavy atom. The Labute approximate surface area is 58.2 Å². The van der Waals surface area contributed by atoms with Crippen LogP contribution in [-0.4, -0.2) is 18.5 Å². The molecule has 2 aliphatic heterocycles. The van der Waals surface area contributed by atoms with Crippen LogP contribution in [0, 0.1) is 0 Å². The Kier molecular flexibility index (Phi) is 1.14. The van der Waals surface area contributed by atoms with Crippen LogP contribution in [0.3, 0.4) is 0 Å². The summed E-state index contributed by atoms with van der Waals surface area (Å²) in [5, 5.41) is 3.11. The summed E-state index contributed by atoms with van der Waals surface area (Å²) in [7, 11) is 0. The summed E-state index contributed by atoms with van der Waals surface area (Å²) in [6.45, 7) is 0.801. The van der Waals surface area contributed by atoms with Crippen LogP contribution < -0.4 is 10.8 Å². The lowest BCUT2D eigenvalue weighted by Gasteiger charge is -2.20. The fraction of sp³-hybridized carbons (Fsp3) is 0.500. The summed E-state index contributed by atoms with van der Waals surface area (Å²) in [6, 6.07) is 0.119. The van der Waals surface area contributed by atoms with Gasteiger partial charge in [0.1, 0.15) is 5.76 Å². The lowest BCUT2D eigenvalue weighted by atomic mass is 10.2. The molecule has 2 rings (SSSR count). The van der Waals surface area contributed by atoms with Gasteiger partial charge in [0.05, 0.1) is 12.5 Å². The Balaban J connectivity index is 2.13. The van der Waals surface area contributed by atoms with E-state index in [-0.39, 0.29) is 11.9 Å². The van der Waals surface area contributed by atoms with Gasteiger partial charge in [0, 0.05) is 6.54 Å². The molecule has 0 aromatic heterocycles. The number of hydrogen-bond acceptors (Lipinski definition) is 3. The number of amides is 1. The number of fused-ring (bicyclic) bond motifs is 1. The minimum atomic E-state index is -0.0587. The molecular formula is C6H8N2O2. The number of nitrogens with one attached hydrogen (secondary N) is 2. The topological polar surface area (TPSA) is 50.4 Å². The van der Waals surface area contributed by atoms with E-state index in [1.54, 1.807) is 0 Å². The van der Waals surface area contributed by atoms with Crippen molar-refractivity contribution in [2.45, 2.75) is 12.5 Å². The van der Waals surface area contributed by atoms with Crippen molar-refractivity contribution in [2.75, 3.05) is 6.54 Å². The van der Waals surface area contributed by atoms with Crippen LogP contribution in [0.1, 0.15) is 6.42 Å². The number of carbonyl (C=O) groups excluding carboxylic acids is 1. The maximum absolute atomic E-state index is 10.7. The van der Waals surface area contributed by atoms with E-state index in [2.05, 4.69) is 10.8 Å². The van der Waals surface area contributed by atoms with Crippen LogP contribution in [0.25, 0.3) is 0 Å². The highest BCUT2D eigenvalue weighted by Crippen LogP contribution is 2.15. The summed E-state index contributed by atoms with van der Waals surface area (Å²) < 4.78 is 0. The van der Waals surface area contributed by atoms with Gasteiger partial charge >= 0.3 is 0 Å². The van der Waals surface area contributed by atoms with Crippen LogP contribution >= 0.6 is 0 Å². The second-order valence-corrected chi connectivity index (χ2v) is 2.40. The third-order valence-electron chi connectivity index (χ3n) is 1.68. The van der Waals surface area contributed by atoms with Crippen molar-refractivity contribution in [3.8, 4) is 0 Å². The molecule has 10 heavy (non-hydrogen) atoms. The van der Waals surface area contributed by atoms with E-state index < -0.39 is 0 Å². The molecule has 1 atom stereocenters. The molecule has 4 nitrogen and oxygen atoms in total. The highest BCUT2D eigenvalue weighted by molar-refractivity contribution is 5.77. The molecule has 1 unspecified atom stereocenters. The lowest BCUT2D eigenvalue weighted by molar-refractivity contribution is -0.135. The van der Waals surface area contributed by atoms with Crippen molar-refractivity contribution in [2.24, 2.45) is 0 Å². The molecule has 2 N–H and O–H groups in total. The van der Waals surface area contributed by atoms with Gasteiger partial charge in [-0.3, -0.25) is 4.79 Å². The van der Waals surface area contributed by atoms with Crippen LogP contribution in [0.4, 0.5) is 0 Å². The van der Waals surface area contributed by atoms with Crippen LogP contribution in [0.2, 0.25) is 0 Å². The maximum atomic E-state index is 10.7. The van der Waals surface area contributed by atoms with E-state index in [1.165, 1.54) is 0 Å². The quantitative estimate of drug-likeness (QED) is 0.467. The third-order valence-corrected chi connectivity index (χ3v) is 1.68. The highest BCUT2D eigenvalue weighted by Gasteiger charge is 2.28. The highest BCUT2D eigenvalue weighted by atomic mass is 16.7. The Morgan fingerprint density at radius 1 is 1.70 bits per heavy atom. The van der Waals surface area contributed by atoms with E-state index in [4.69, 9.17) is 4.84 Å². The average molecular weight is 140 g/mol. The van der Waals surface area contributed by atoms with E-state index in [0.29, 0.717) is 6.42 Å². The predicted octanol–water partition coefficient (Wildman–Crippen LogP) is -0.706. The average Bonchev–Trinajstić information content (AvgIpc) is 2.33. The number of carbonyl (C=O) groups is 1. The summed E-state index contributed by atoms with van der Waals surface area (Å²) in [4.78, 5) is 15.6. The van der Waals surface area contributed by atoms with Gasteiger partial charge in [0.15, 0.2) is 0 Å². The maximum Gasteiger partial charge on any atom is 0.254 e. The smallest absolute Gasteiger partial charge is 0.254 e. The molecule has 1 amide bonds. The van der Waals surface area contributed by atoms with Gasteiger partial charge in [-0.1, -0.05) is 0 Å². The van der Waals surface area contributed by atoms with Crippen LogP contribution in [0.5, 0.6) is 0 Å². The molecule has 1 fully saturated rings. The lowest BCUT2D eigenvalue weighted by Crippen LogP contribution is -2.40. The van der Waals surface area contributed by atoms with Crippen molar-refractivity contribution in [3.05, 3.63) is 11.8 Å². The summed E-state index contributed by atoms with van der Waals surface area (Å²) in [6.07, 6.45) is 2.43. The molecule has 0 aromatic carbocycles. The molecular weight excluding hydrogens is 132 g/mol. The van der Waals surface area contributed by atoms with Gasteiger partial charge in [0.25, 0.3) is 5.91 Å². The first-order chi connectivity index (χ1) is 4.86. The second kappa shape index (κ2) is 1.98. The minimum absolute atomic E-state index is 0.0587. The zero-order valence-corrected chi connectivity index (χ0v) is 5.39. The zero-order valence-electron chi connectivity index (χ0n) is 5.39. The Morgan fingerprint density at radius 2 is 2.60 bits per heavy atom.